The Balaban J connectivity index is 2.60. The van der Waals surface area contributed by atoms with Crippen LogP contribution in [0.1, 0.15) is 25.8 Å². The van der Waals surface area contributed by atoms with Crippen molar-refractivity contribution in [3.05, 3.63) is 29.8 Å². The molecule has 0 aliphatic rings. The van der Waals surface area contributed by atoms with Gasteiger partial charge < -0.3 is 9.74 Å². The van der Waals surface area contributed by atoms with Gasteiger partial charge in [-0.25, -0.2) is 0 Å². The third-order valence-electron chi connectivity index (χ3n) is 3.44. The van der Waals surface area contributed by atoms with Crippen molar-refractivity contribution >= 4 is 22.7 Å². The van der Waals surface area contributed by atoms with Gasteiger partial charge in [-0.15, -0.1) is 11.8 Å². The Morgan fingerprint density at radius 3 is 2.60 bits per heavy atom. The molecule has 0 spiro atoms. The van der Waals surface area contributed by atoms with Crippen LogP contribution in [-0.4, -0.2) is 36.1 Å². The Kier molecular flexibility index (Phi) is 5.00. The van der Waals surface area contributed by atoms with Gasteiger partial charge in [0.05, 0.1) is 5.52 Å². The van der Waals surface area contributed by atoms with Gasteiger partial charge in [0.2, 0.25) is 0 Å². The van der Waals surface area contributed by atoms with Crippen LogP contribution < -0.4 is 4.84 Å². The molecular formula is C16H24N2OS. The Bertz CT molecular complexity index is 577. The van der Waals surface area contributed by atoms with Gasteiger partial charge in [0.25, 0.3) is 0 Å². The van der Waals surface area contributed by atoms with Crippen molar-refractivity contribution < 1.29 is 4.84 Å². The third kappa shape index (κ3) is 2.96. The highest BCUT2D eigenvalue weighted by atomic mass is 32.2. The predicted octanol–water partition coefficient (Wildman–Crippen LogP) is 3.65. The molecule has 0 fully saturated rings. The first kappa shape index (κ1) is 15.3. The minimum atomic E-state index is 0.578. The van der Waals surface area contributed by atoms with E-state index in [4.69, 9.17) is 4.84 Å². The van der Waals surface area contributed by atoms with Gasteiger partial charge in [0, 0.05) is 22.7 Å². The maximum atomic E-state index is 5.64. The average molecular weight is 292 g/mol. The summed E-state index contributed by atoms with van der Waals surface area (Å²) in [6.07, 6.45) is 1.15. The zero-order valence-electron chi connectivity index (χ0n) is 13.0. The highest BCUT2D eigenvalue weighted by Crippen LogP contribution is 2.36. The molecule has 1 atom stereocenters. The molecule has 0 aliphatic heterocycles. The first-order valence-corrected chi connectivity index (χ1v) is 7.94. The van der Waals surface area contributed by atoms with Crippen LogP contribution in [0.25, 0.3) is 10.9 Å². The van der Waals surface area contributed by atoms with Crippen LogP contribution in [-0.2, 0) is 6.54 Å². The molecule has 0 amide bonds. The number of hydrogen-bond acceptors (Lipinski definition) is 3. The molecule has 1 heterocycles. The van der Waals surface area contributed by atoms with E-state index in [2.05, 4.69) is 57.1 Å². The minimum Gasteiger partial charge on any atom is -0.416 e. The molecule has 0 saturated heterocycles. The topological polar surface area (TPSA) is 17.4 Å². The lowest BCUT2D eigenvalue weighted by Crippen LogP contribution is -2.13. The molecule has 0 radical (unpaired) electrons. The number of fused-ring (bicyclic) bond motifs is 1. The van der Waals surface area contributed by atoms with Gasteiger partial charge in [0.1, 0.15) is 12.1 Å². The number of nitrogens with zero attached hydrogens (tertiary/aromatic N) is 2. The Morgan fingerprint density at radius 2 is 2.00 bits per heavy atom. The summed E-state index contributed by atoms with van der Waals surface area (Å²) in [7, 11) is 5.96. The summed E-state index contributed by atoms with van der Waals surface area (Å²) in [6.45, 7) is 5.42. The maximum Gasteiger partial charge on any atom is 0.119 e. The average Bonchev–Trinajstić information content (AvgIpc) is 2.72. The van der Waals surface area contributed by atoms with E-state index in [-0.39, 0.29) is 0 Å². The molecule has 20 heavy (non-hydrogen) atoms. The zero-order valence-corrected chi connectivity index (χ0v) is 13.8. The van der Waals surface area contributed by atoms with Crippen molar-refractivity contribution in [2.75, 3.05) is 21.2 Å². The van der Waals surface area contributed by atoms with Crippen molar-refractivity contribution in [1.82, 2.24) is 9.63 Å². The maximum absolute atomic E-state index is 5.64. The SMILES string of the molecule is CCC(C)Sc1c(CN(C)C)c2ccccc2n1OC. The lowest BCUT2D eigenvalue weighted by atomic mass is 10.2. The number of benzene rings is 1. The minimum absolute atomic E-state index is 0.578. The molecule has 4 heteroatoms. The number of thioether (sulfide) groups is 1. The number of aromatic nitrogens is 1. The van der Waals surface area contributed by atoms with Gasteiger partial charge in [-0.3, -0.25) is 0 Å². The highest BCUT2D eigenvalue weighted by Gasteiger charge is 2.20. The lowest BCUT2D eigenvalue weighted by molar-refractivity contribution is 0.157. The van der Waals surface area contributed by atoms with E-state index in [0.29, 0.717) is 5.25 Å². The summed E-state index contributed by atoms with van der Waals surface area (Å²) in [5.74, 6) is 0. The van der Waals surface area contributed by atoms with E-state index >= 15 is 0 Å². The first-order valence-electron chi connectivity index (χ1n) is 7.06. The molecule has 1 aromatic carbocycles. The van der Waals surface area contributed by atoms with E-state index in [1.54, 1.807) is 7.11 Å². The van der Waals surface area contributed by atoms with Crippen molar-refractivity contribution in [2.24, 2.45) is 0 Å². The van der Waals surface area contributed by atoms with Crippen molar-refractivity contribution in [3.63, 3.8) is 0 Å². The van der Waals surface area contributed by atoms with Crippen LogP contribution in [0.2, 0.25) is 0 Å². The van der Waals surface area contributed by atoms with Crippen LogP contribution in [0.15, 0.2) is 29.3 Å². The summed E-state index contributed by atoms with van der Waals surface area (Å²) in [5.41, 5.74) is 2.51. The second-order valence-corrected chi connectivity index (χ2v) is 6.78. The van der Waals surface area contributed by atoms with E-state index in [1.165, 1.54) is 16.0 Å². The van der Waals surface area contributed by atoms with Crippen molar-refractivity contribution in [1.29, 1.82) is 0 Å². The molecule has 2 aromatic rings. The standard InChI is InChI=1S/C16H24N2OS/c1-6-12(2)20-16-14(11-17(3)4)13-9-7-8-10-15(13)18(16)19-5/h7-10,12H,6,11H2,1-5H3. The van der Waals surface area contributed by atoms with Crippen molar-refractivity contribution in [3.8, 4) is 0 Å². The Hall–Kier alpha value is -1.13. The number of para-hydroxylation sites is 1. The van der Waals surface area contributed by atoms with Gasteiger partial charge in [-0.1, -0.05) is 32.0 Å². The van der Waals surface area contributed by atoms with Gasteiger partial charge in [-0.2, -0.15) is 4.73 Å². The van der Waals surface area contributed by atoms with E-state index in [9.17, 15) is 0 Å². The quantitative estimate of drug-likeness (QED) is 0.757. The first-order chi connectivity index (χ1) is 9.58. The summed E-state index contributed by atoms with van der Waals surface area (Å²) in [5, 5.41) is 3.10. The lowest BCUT2D eigenvalue weighted by Gasteiger charge is -2.15. The molecule has 1 aromatic heterocycles. The number of hydrogen-bond donors (Lipinski definition) is 0. The normalized spacial score (nSPS) is 13.1. The predicted molar refractivity (Wildman–Crippen MR) is 87.4 cm³/mol. The molecule has 110 valence electrons. The van der Waals surface area contributed by atoms with Crippen LogP contribution in [0.5, 0.6) is 0 Å². The zero-order chi connectivity index (χ0) is 14.7. The largest absolute Gasteiger partial charge is 0.416 e. The molecule has 0 aliphatic carbocycles. The summed E-state index contributed by atoms with van der Waals surface area (Å²) in [6, 6.07) is 8.47. The second-order valence-electron chi connectivity index (χ2n) is 5.35. The van der Waals surface area contributed by atoms with Crippen molar-refractivity contribution in [2.45, 2.75) is 37.1 Å². The van der Waals surface area contributed by atoms with Gasteiger partial charge in [0.15, 0.2) is 0 Å². The van der Waals surface area contributed by atoms with E-state index in [0.717, 1.165) is 18.5 Å². The Morgan fingerprint density at radius 1 is 1.30 bits per heavy atom. The molecule has 0 N–H and O–H groups in total. The molecule has 0 saturated carbocycles. The summed E-state index contributed by atoms with van der Waals surface area (Å²) in [4.78, 5) is 7.85. The third-order valence-corrected chi connectivity index (χ3v) is 4.81. The Labute approximate surface area is 125 Å². The van der Waals surface area contributed by atoms with E-state index in [1.807, 2.05) is 16.5 Å². The fraction of sp³-hybridized carbons (Fsp3) is 0.500. The van der Waals surface area contributed by atoms with Gasteiger partial charge >= 0.3 is 0 Å². The second kappa shape index (κ2) is 6.55. The van der Waals surface area contributed by atoms with Crippen LogP contribution in [0, 0.1) is 0 Å². The summed E-state index contributed by atoms with van der Waals surface area (Å²) >= 11 is 1.90. The van der Waals surface area contributed by atoms with Crippen LogP contribution >= 0.6 is 11.8 Å². The summed E-state index contributed by atoms with van der Waals surface area (Å²) < 4.78 is 1.98. The van der Waals surface area contributed by atoms with Crippen LogP contribution in [0.4, 0.5) is 0 Å². The van der Waals surface area contributed by atoms with E-state index < -0.39 is 0 Å². The fourth-order valence-corrected chi connectivity index (χ4v) is 3.43. The highest BCUT2D eigenvalue weighted by molar-refractivity contribution is 7.99. The fourth-order valence-electron chi connectivity index (χ4n) is 2.30. The molecule has 0 bridgehead atoms. The molecule has 1 unspecified atom stereocenters. The van der Waals surface area contributed by atoms with Gasteiger partial charge in [-0.05, 0) is 26.6 Å². The molecular weight excluding hydrogens is 268 g/mol. The molecule has 3 nitrogen and oxygen atoms in total. The smallest absolute Gasteiger partial charge is 0.119 e. The number of rotatable bonds is 6. The molecule has 2 rings (SSSR count). The monoisotopic (exact) mass is 292 g/mol. The van der Waals surface area contributed by atoms with Crippen LogP contribution in [0.3, 0.4) is 0 Å².